The summed E-state index contributed by atoms with van der Waals surface area (Å²) in [5.41, 5.74) is 2.50. The molecule has 20 heavy (non-hydrogen) atoms. The summed E-state index contributed by atoms with van der Waals surface area (Å²) in [5.74, 6) is 0.669. The average Bonchev–Trinajstić information content (AvgIpc) is 3.22. The summed E-state index contributed by atoms with van der Waals surface area (Å²) in [7, 11) is 0. The van der Waals surface area contributed by atoms with Crippen molar-refractivity contribution in [2.24, 2.45) is 5.92 Å². The highest BCUT2D eigenvalue weighted by atomic mass is 79.9. The quantitative estimate of drug-likeness (QED) is 0.762. The van der Waals surface area contributed by atoms with Gasteiger partial charge in [-0.25, -0.2) is 0 Å². The summed E-state index contributed by atoms with van der Waals surface area (Å²) in [6, 6.07) is 7.16. The van der Waals surface area contributed by atoms with E-state index in [1.165, 1.54) is 24.1 Å². The van der Waals surface area contributed by atoms with E-state index in [1.807, 2.05) is 0 Å². The monoisotopic (exact) mass is 340 g/mol. The SMILES string of the molecule is CC(C)CNCc1ccc(N(CCO)C2CC2)cc1Br. The maximum atomic E-state index is 9.20. The molecule has 0 spiro atoms. The maximum absolute atomic E-state index is 9.20. The van der Waals surface area contributed by atoms with E-state index < -0.39 is 0 Å². The second-order valence-corrected chi connectivity index (χ2v) is 6.80. The normalized spacial score (nSPS) is 14.8. The van der Waals surface area contributed by atoms with Gasteiger partial charge in [0.25, 0.3) is 0 Å². The molecular formula is C16H25BrN2O. The van der Waals surface area contributed by atoms with E-state index in [9.17, 15) is 5.11 Å². The predicted molar refractivity (Wildman–Crippen MR) is 88.1 cm³/mol. The number of hydrogen-bond acceptors (Lipinski definition) is 3. The van der Waals surface area contributed by atoms with Gasteiger partial charge in [0.1, 0.15) is 0 Å². The minimum Gasteiger partial charge on any atom is -0.395 e. The number of nitrogens with one attached hydrogen (secondary N) is 1. The Morgan fingerprint density at radius 1 is 1.40 bits per heavy atom. The molecule has 1 aromatic rings. The topological polar surface area (TPSA) is 35.5 Å². The van der Waals surface area contributed by atoms with Crippen LogP contribution >= 0.6 is 15.9 Å². The van der Waals surface area contributed by atoms with Crippen LogP contribution in [0.15, 0.2) is 22.7 Å². The number of rotatable bonds is 8. The van der Waals surface area contributed by atoms with Crippen LogP contribution in [0.5, 0.6) is 0 Å². The molecule has 0 aliphatic heterocycles. The van der Waals surface area contributed by atoms with Crippen LogP contribution in [0.25, 0.3) is 0 Å². The van der Waals surface area contributed by atoms with Crippen LogP contribution in [0.3, 0.4) is 0 Å². The first-order valence-corrected chi connectivity index (χ1v) is 8.27. The van der Waals surface area contributed by atoms with Gasteiger partial charge in [0.15, 0.2) is 0 Å². The fourth-order valence-electron chi connectivity index (χ4n) is 2.37. The number of aliphatic hydroxyl groups is 1. The summed E-state index contributed by atoms with van der Waals surface area (Å²) < 4.78 is 1.15. The van der Waals surface area contributed by atoms with Crippen molar-refractivity contribution < 1.29 is 5.11 Å². The van der Waals surface area contributed by atoms with Crippen LogP contribution in [0.4, 0.5) is 5.69 Å². The van der Waals surface area contributed by atoms with Gasteiger partial charge in [0, 0.05) is 29.3 Å². The first-order valence-electron chi connectivity index (χ1n) is 7.48. The molecule has 1 fully saturated rings. The molecule has 1 aliphatic rings. The Bertz CT molecular complexity index is 432. The van der Waals surface area contributed by atoms with E-state index >= 15 is 0 Å². The molecule has 2 N–H and O–H groups in total. The number of nitrogens with zero attached hydrogens (tertiary/aromatic N) is 1. The number of aliphatic hydroxyl groups excluding tert-OH is 1. The Kier molecular flexibility index (Phi) is 5.87. The Balaban J connectivity index is 2.00. The van der Waals surface area contributed by atoms with Crippen LogP contribution in [0.1, 0.15) is 32.3 Å². The number of halogens is 1. The summed E-state index contributed by atoms with van der Waals surface area (Å²) in [5, 5.41) is 12.7. The van der Waals surface area contributed by atoms with E-state index in [1.54, 1.807) is 0 Å². The standard InChI is InChI=1S/C16H25BrN2O/c1-12(2)10-18-11-13-3-4-15(9-16(13)17)19(7-8-20)14-5-6-14/h3-4,9,12,14,18,20H,5-8,10-11H2,1-2H3. The van der Waals surface area contributed by atoms with Gasteiger partial charge >= 0.3 is 0 Å². The molecule has 0 amide bonds. The molecular weight excluding hydrogens is 316 g/mol. The lowest BCUT2D eigenvalue weighted by Gasteiger charge is -2.24. The van der Waals surface area contributed by atoms with Crippen molar-refractivity contribution in [1.82, 2.24) is 5.32 Å². The van der Waals surface area contributed by atoms with Gasteiger partial charge in [0.2, 0.25) is 0 Å². The lowest BCUT2D eigenvalue weighted by molar-refractivity contribution is 0.301. The summed E-state index contributed by atoms with van der Waals surface area (Å²) in [6.07, 6.45) is 2.49. The van der Waals surface area contributed by atoms with Crippen molar-refractivity contribution in [2.45, 2.75) is 39.3 Å². The summed E-state index contributed by atoms with van der Waals surface area (Å²) >= 11 is 3.67. The fraction of sp³-hybridized carbons (Fsp3) is 0.625. The van der Waals surface area contributed by atoms with Crippen molar-refractivity contribution in [3.05, 3.63) is 28.2 Å². The largest absolute Gasteiger partial charge is 0.395 e. The molecule has 0 bridgehead atoms. The zero-order valence-corrected chi connectivity index (χ0v) is 14.0. The van der Waals surface area contributed by atoms with Crippen molar-refractivity contribution in [3.63, 3.8) is 0 Å². The Labute approximate surface area is 130 Å². The van der Waals surface area contributed by atoms with E-state index in [4.69, 9.17) is 0 Å². The van der Waals surface area contributed by atoms with Gasteiger partial charge in [-0.05, 0) is 43.0 Å². The molecule has 2 rings (SSSR count). The lowest BCUT2D eigenvalue weighted by atomic mass is 10.1. The molecule has 0 unspecified atom stereocenters. The van der Waals surface area contributed by atoms with Crippen LogP contribution in [0.2, 0.25) is 0 Å². The molecule has 0 heterocycles. The van der Waals surface area contributed by atoms with Gasteiger partial charge < -0.3 is 15.3 Å². The lowest BCUT2D eigenvalue weighted by Crippen LogP contribution is -2.28. The van der Waals surface area contributed by atoms with Crippen molar-refractivity contribution >= 4 is 21.6 Å². The van der Waals surface area contributed by atoms with Gasteiger partial charge in [0.05, 0.1) is 6.61 Å². The third kappa shape index (κ3) is 4.47. The third-order valence-corrected chi connectivity index (χ3v) is 4.30. The highest BCUT2D eigenvalue weighted by Gasteiger charge is 2.28. The highest BCUT2D eigenvalue weighted by molar-refractivity contribution is 9.10. The first-order chi connectivity index (χ1) is 9.61. The molecule has 0 aromatic heterocycles. The molecule has 0 radical (unpaired) electrons. The minimum atomic E-state index is 0.214. The second kappa shape index (κ2) is 7.43. The third-order valence-electron chi connectivity index (χ3n) is 3.56. The molecule has 3 nitrogen and oxygen atoms in total. The molecule has 0 atom stereocenters. The smallest absolute Gasteiger partial charge is 0.0606 e. The van der Waals surface area contributed by atoms with Crippen LogP contribution < -0.4 is 10.2 Å². The highest BCUT2D eigenvalue weighted by Crippen LogP contribution is 2.33. The number of anilines is 1. The Morgan fingerprint density at radius 3 is 2.70 bits per heavy atom. The van der Waals surface area contributed by atoms with Gasteiger partial charge in [-0.3, -0.25) is 0 Å². The van der Waals surface area contributed by atoms with Crippen molar-refractivity contribution in [3.8, 4) is 0 Å². The molecule has 1 aromatic carbocycles. The van der Waals surface area contributed by atoms with Crippen molar-refractivity contribution in [1.29, 1.82) is 0 Å². The molecule has 1 saturated carbocycles. The van der Waals surface area contributed by atoms with Crippen LogP contribution in [-0.4, -0.2) is 30.8 Å². The van der Waals surface area contributed by atoms with Crippen molar-refractivity contribution in [2.75, 3.05) is 24.6 Å². The average molecular weight is 341 g/mol. The molecule has 4 heteroatoms. The van der Waals surface area contributed by atoms with E-state index in [0.29, 0.717) is 12.0 Å². The minimum absolute atomic E-state index is 0.214. The second-order valence-electron chi connectivity index (χ2n) is 5.95. The fourth-order valence-corrected chi connectivity index (χ4v) is 2.88. The van der Waals surface area contributed by atoms with E-state index in [2.05, 4.69) is 58.2 Å². The van der Waals surface area contributed by atoms with E-state index in [-0.39, 0.29) is 6.61 Å². The Morgan fingerprint density at radius 2 is 2.15 bits per heavy atom. The zero-order chi connectivity index (χ0) is 14.5. The molecule has 112 valence electrons. The van der Waals surface area contributed by atoms with Crippen LogP contribution in [-0.2, 0) is 6.54 Å². The van der Waals surface area contributed by atoms with E-state index in [0.717, 1.165) is 24.1 Å². The summed E-state index contributed by atoms with van der Waals surface area (Å²) in [4.78, 5) is 2.32. The first kappa shape index (κ1) is 15.8. The Hall–Kier alpha value is -0.580. The molecule has 1 aliphatic carbocycles. The van der Waals surface area contributed by atoms with Crippen LogP contribution in [0, 0.1) is 5.92 Å². The molecule has 0 saturated heterocycles. The summed E-state index contributed by atoms with van der Waals surface area (Å²) in [6.45, 7) is 7.30. The van der Waals surface area contributed by atoms with Gasteiger partial charge in [-0.2, -0.15) is 0 Å². The number of benzene rings is 1. The predicted octanol–water partition coefficient (Wildman–Crippen LogP) is 3.16. The van der Waals surface area contributed by atoms with Gasteiger partial charge in [-0.15, -0.1) is 0 Å². The maximum Gasteiger partial charge on any atom is 0.0606 e. The zero-order valence-electron chi connectivity index (χ0n) is 12.4. The number of hydrogen-bond donors (Lipinski definition) is 2. The van der Waals surface area contributed by atoms with Gasteiger partial charge in [-0.1, -0.05) is 35.8 Å².